The van der Waals surface area contributed by atoms with Crippen molar-refractivity contribution in [3.05, 3.63) is 59.7 Å². The Morgan fingerprint density at radius 2 is 1.66 bits per heavy atom. The molecule has 0 amide bonds. The molecule has 2 heterocycles. The molecule has 1 aliphatic rings. The van der Waals surface area contributed by atoms with Crippen LogP contribution in [-0.4, -0.2) is 65.5 Å². The lowest BCUT2D eigenvalue weighted by molar-refractivity contribution is 0.198. The Balaban J connectivity index is 1.67. The van der Waals surface area contributed by atoms with Gasteiger partial charge in [-0.05, 0) is 54.1 Å². The average Bonchev–Trinajstić information content (AvgIpc) is 3.30. The number of hydrogen-bond acceptors (Lipinski definition) is 7. The van der Waals surface area contributed by atoms with Crippen LogP contribution in [0.3, 0.4) is 0 Å². The number of tetrazole rings is 1. The lowest BCUT2D eigenvalue weighted by Gasteiger charge is -2.40. The van der Waals surface area contributed by atoms with Gasteiger partial charge in [0.25, 0.3) is 0 Å². The van der Waals surface area contributed by atoms with Gasteiger partial charge in [-0.1, -0.05) is 18.2 Å². The number of aromatic nitrogens is 4. The largest absolute Gasteiger partial charge is 0.493 e. The summed E-state index contributed by atoms with van der Waals surface area (Å²) >= 11 is 0. The predicted molar refractivity (Wildman–Crippen MR) is 120 cm³/mol. The summed E-state index contributed by atoms with van der Waals surface area (Å²) in [5.74, 6) is 1.90. The highest BCUT2D eigenvalue weighted by Gasteiger charge is 2.32. The molecule has 170 valence electrons. The van der Waals surface area contributed by atoms with Gasteiger partial charge in [0.15, 0.2) is 17.3 Å². The number of nitrogens with zero attached hydrogens (tertiary/aromatic N) is 6. The van der Waals surface area contributed by atoms with Crippen LogP contribution in [0.25, 0.3) is 0 Å². The second-order valence-electron chi connectivity index (χ2n) is 8.07. The fraction of sp³-hybridized carbons (Fsp3) is 0.435. The lowest BCUT2D eigenvalue weighted by Crippen LogP contribution is -2.48. The zero-order valence-corrected chi connectivity index (χ0v) is 18.9. The summed E-state index contributed by atoms with van der Waals surface area (Å²) in [6, 6.07) is 12.8. The molecule has 1 fully saturated rings. The number of piperazine rings is 1. The molecule has 0 bridgehead atoms. The van der Waals surface area contributed by atoms with Crippen LogP contribution in [0, 0.1) is 5.82 Å². The third-order valence-corrected chi connectivity index (χ3v) is 5.85. The van der Waals surface area contributed by atoms with E-state index < -0.39 is 0 Å². The van der Waals surface area contributed by atoms with Gasteiger partial charge in [-0.3, -0.25) is 4.90 Å². The minimum atomic E-state index is -0.193. The van der Waals surface area contributed by atoms with Gasteiger partial charge in [-0.2, -0.15) is 0 Å². The Morgan fingerprint density at radius 3 is 2.31 bits per heavy atom. The summed E-state index contributed by atoms with van der Waals surface area (Å²) in [6.45, 7) is 6.99. The van der Waals surface area contributed by atoms with Crippen molar-refractivity contribution >= 4 is 5.69 Å². The molecule has 1 saturated heterocycles. The van der Waals surface area contributed by atoms with Crippen LogP contribution in [0.2, 0.25) is 0 Å². The fourth-order valence-corrected chi connectivity index (χ4v) is 4.22. The molecule has 1 unspecified atom stereocenters. The number of ether oxygens (including phenoxy) is 2. The fourth-order valence-electron chi connectivity index (χ4n) is 4.22. The van der Waals surface area contributed by atoms with Crippen LogP contribution in [-0.2, 0) is 0 Å². The number of methoxy groups -OCH3 is 2. The third-order valence-electron chi connectivity index (χ3n) is 5.85. The highest BCUT2D eigenvalue weighted by atomic mass is 19.1. The van der Waals surface area contributed by atoms with E-state index in [1.165, 1.54) is 6.07 Å². The SMILES string of the molecule is COc1ccc(C(c2nnnn2C(C)C)N2CCN(c3ccccc3F)CC2)cc1OC. The molecule has 0 N–H and O–H groups in total. The molecule has 0 radical (unpaired) electrons. The molecular formula is C23H29FN6O2. The predicted octanol–water partition coefficient (Wildman–Crippen LogP) is 3.32. The molecule has 9 heteroatoms. The van der Waals surface area contributed by atoms with Crippen molar-refractivity contribution in [2.24, 2.45) is 0 Å². The Labute approximate surface area is 187 Å². The van der Waals surface area contributed by atoms with E-state index in [2.05, 4.69) is 39.2 Å². The Morgan fingerprint density at radius 1 is 0.938 bits per heavy atom. The average molecular weight is 441 g/mol. The van der Waals surface area contributed by atoms with E-state index in [9.17, 15) is 4.39 Å². The minimum Gasteiger partial charge on any atom is -0.493 e. The quantitative estimate of drug-likeness (QED) is 0.558. The highest BCUT2D eigenvalue weighted by molar-refractivity contribution is 5.48. The van der Waals surface area contributed by atoms with Crippen LogP contribution in [0.5, 0.6) is 11.5 Å². The summed E-state index contributed by atoms with van der Waals surface area (Å²) in [6.07, 6.45) is 0. The van der Waals surface area contributed by atoms with E-state index in [1.807, 2.05) is 35.0 Å². The van der Waals surface area contributed by atoms with Crippen molar-refractivity contribution in [2.45, 2.75) is 25.9 Å². The summed E-state index contributed by atoms with van der Waals surface area (Å²) in [5.41, 5.74) is 1.65. The number of hydrogen-bond donors (Lipinski definition) is 0. The van der Waals surface area contributed by atoms with Crippen molar-refractivity contribution in [1.82, 2.24) is 25.1 Å². The summed E-state index contributed by atoms with van der Waals surface area (Å²) < 4.78 is 27.1. The van der Waals surface area contributed by atoms with Crippen molar-refractivity contribution in [3.63, 3.8) is 0 Å². The molecule has 2 aromatic carbocycles. The lowest BCUT2D eigenvalue weighted by atomic mass is 10.0. The number of halogens is 1. The van der Waals surface area contributed by atoms with Crippen LogP contribution in [0.4, 0.5) is 10.1 Å². The molecule has 1 aliphatic heterocycles. The van der Waals surface area contributed by atoms with Gasteiger partial charge in [-0.15, -0.1) is 5.10 Å². The smallest absolute Gasteiger partial charge is 0.173 e. The van der Waals surface area contributed by atoms with Gasteiger partial charge >= 0.3 is 0 Å². The minimum absolute atomic E-state index is 0.113. The van der Waals surface area contributed by atoms with Crippen LogP contribution in [0.1, 0.15) is 37.3 Å². The standard InChI is InChI=1S/C23H29FN6O2/c1-16(2)30-23(25-26-27-30)22(17-9-10-20(31-3)21(15-17)32-4)29-13-11-28(12-14-29)19-8-6-5-7-18(19)24/h5-10,15-16,22H,11-14H2,1-4H3. The zero-order valence-electron chi connectivity index (χ0n) is 18.9. The highest BCUT2D eigenvalue weighted by Crippen LogP contribution is 2.35. The van der Waals surface area contributed by atoms with E-state index in [-0.39, 0.29) is 17.9 Å². The van der Waals surface area contributed by atoms with Crippen LogP contribution < -0.4 is 14.4 Å². The second-order valence-corrected chi connectivity index (χ2v) is 8.07. The number of benzene rings is 2. The van der Waals surface area contributed by atoms with Gasteiger partial charge < -0.3 is 14.4 Å². The van der Waals surface area contributed by atoms with Crippen molar-refractivity contribution in [2.75, 3.05) is 45.3 Å². The van der Waals surface area contributed by atoms with Crippen molar-refractivity contribution in [3.8, 4) is 11.5 Å². The van der Waals surface area contributed by atoms with E-state index >= 15 is 0 Å². The molecule has 32 heavy (non-hydrogen) atoms. The first-order valence-corrected chi connectivity index (χ1v) is 10.8. The van der Waals surface area contributed by atoms with Crippen molar-refractivity contribution < 1.29 is 13.9 Å². The number of para-hydroxylation sites is 1. The van der Waals surface area contributed by atoms with E-state index in [1.54, 1.807) is 20.3 Å². The molecule has 8 nitrogen and oxygen atoms in total. The molecule has 1 atom stereocenters. The third kappa shape index (κ3) is 4.25. The van der Waals surface area contributed by atoms with Gasteiger partial charge in [0.05, 0.1) is 32.0 Å². The zero-order chi connectivity index (χ0) is 22.7. The van der Waals surface area contributed by atoms with Crippen LogP contribution in [0.15, 0.2) is 42.5 Å². The first-order valence-electron chi connectivity index (χ1n) is 10.8. The maximum absolute atomic E-state index is 14.3. The number of rotatable bonds is 7. The normalized spacial score (nSPS) is 15.8. The molecule has 4 rings (SSSR count). The molecule has 0 saturated carbocycles. The topological polar surface area (TPSA) is 68.5 Å². The molecule has 1 aromatic heterocycles. The van der Waals surface area contributed by atoms with E-state index in [4.69, 9.17) is 9.47 Å². The van der Waals surface area contributed by atoms with Gasteiger partial charge in [0.1, 0.15) is 5.82 Å². The molecule has 0 aliphatic carbocycles. The van der Waals surface area contributed by atoms with Gasteiger partial charge in [0, 0.05) is 26.2 Å². The maximum Gasteiger partial charge on any atom is 0.173 e. The Hall–Kier alpha value is -3.20. The van der Waals surface area contributed by atoms with Gasteiger partial charge in [0.2, 0.25) is 0 Å². The molecule has 3 aromatic rings. The van der Waals surface area contributed by atoms with Crippen molar-refractivity contribution in [1.29, 1.82) is 0 Å². The van der Waals surface area contributed by atoms with E-state index in [0.29, 0.717) is 30.3 Å². The summed E-state index contributed by atoms with van der Waals surface area (Å²) in [4.78, 5) is 4.42. The van der Waals surface area contributed by atoms with E-state index in [0.717, 1.165) is 24.5 Å². The molecule has 0 spiro atoms. The first-order chi connectivity index (χ1) is 15.5. The monoisotopic (exact) mass is 440 g/mol. The summed E-state index contributed by atoms with van der Waals surface area (Å²) in [5, 5.41) is 12.6. The first kappa shape index (κ1) is 22.0. The number of anilines is 1. The molecular weight excluding hydrogens is 411 g/mol. The maximum atomic E-state index is 14.3. The van der Waals surface area contributed by atoms with Gasteiger partial charge in [-0.25, -0.2) is 9.07 Å². The van der Waals surface area contributed by atoms with Crippen LogP contribution >= 0.6 is 0 Å². The second kappa shape index (κ2) is 9.52. The Bertz CT molecular complexity index is 1050. The Kier molecular flexibility index (Phi) is 6.55. The summed E-state index contributed by atoms with van der Waals surface area (Å²) in [7, 11) is 3.25.